The highest BCUT2D eigenvalue weighted by atomic mass is 16.5. The van der Waals surface area contributed by atoms with Gasteiger partial charge < -0.3 is 15.0 Å². The number of carbonyl (C=O) groups is 2. The Labute approximate surface area is 166 Å². The number of nitrogens with zero attached hydrogens (tertiary/aromatic N) is 2. The predicted octanol–water partition coefficient (Wildman–Crippen LogP) is 1.68. The highest BCUT2D eigenvalue weighted by Crippen LogP contribution is 2.25. The van der Waals surface area contributed by atoms with Crippen LogP contribution in [0.15, 0.2) is 60.7 Å². The number of amides is 2. The standard InChI is InChI=1S/C22H27N3O3/c1-23-20(26)16-24-12-14-25(15-13-24)21(27)17-28-22(18-8-4-2-5-9-18)19-10-6-3-7-11-19/h2-11,22H,12-17H2,1H3,(H,23,26). The van der Waals surface area contributed by atoms with Gasteiger partial charge in [0.05, 0.1) is 6.54 Å². The van der Waals surface area contributed by atoms with Gasteiger partial charge in [0.15, 0.2) is 0 Å². The Morgan fingerprint density at radius 3 is 1.96 bits per heavy atom. The third-order valence-corrected chi connectivity index (χ3v) is 4.95. The summed E-state index contributed by atoms with van der Waals surface area (Å²) in [7, 11) is 1.63. The highest BCUT2D eigenvalue weighted by molar-refractivity contribution is 5.78. The van der Waals surface area contributed by atoms with Crippen molar-refractivity contribution in [3.05, 3.63) is 71.8 Å². The second kappa shape index (κ2) is 10.0. The number of hydrogen-bond donors (Lipinski definition) is 1. The van der Waals surface area contributed by atoms with Gasteiger partial charge >= 0.3 is 0 Å². The third kappa shape index (κ3) is 5.41. The maximum atomic E-state index is 12.7. The van der Waals surface area contributed by atoms with Crippen LogP contribution in [-0.2, 0) is 14.3 Å². The van der Waals surface area contributed by atoms with Crippen molar-refractivity contribution >= 4 is 11.8 Å². The van der Waals surface area contributed by atoms with Gasteiger partial charge in [-0.25, -0.2) is 0 Å². The monoisotopic (exact) mass is 381 g/mol. The molecule has 6 nitrogen and oxygen atoms in total. The fourth-order valence-corrected chi connectivity index (χ4v) is 3.32. The first-order valence-corrected chi connectivity index (χ1v) is 9.59. The zero-order valence-corrected chi connectivity index (χ0v) is 16.2. The van der Waals surface area contributed by atoms with Gasteiger partial charge in [0.25, 0.3) is 0 Å². The molecule has 28 heavy (non-hydrogen) atoms. The van der Waals surface area contributed by atoms with Gasteiger partial charge in [0.2, 0.25) is 11.8 Å². The lowest BCUT2D eigenvalue weighted by molar-refractivity contribution is -0.139. The number of carbonyl (C=O) groups excluding carboxylic acids is 2. The van der Waals surface area contributed by atoms with E-state index in [4.69, 9.17) is 4.74 Å². The van der Waals surface area contributed by atoms with Gasteiger partial charge in [-0.15, -0.1) is 0 Å². The van der Waals surface area contributed by atoms with E-state index in [0.717, 1.165) is 11.1 Å². The molecule has 1 N–H and O–H groups in total. The molecular formula is C22H27N3O3. The minimum absolute atomic E-state index is 0.00308. The van der Waals surface area contributed by atoms with E-state index in [1.807, 2.05) is 65.6 Å². The molecule has 6 heteroatoms. The number of benzene rings is 2. The van der Waals surface area contributed by atoms with E-state index in [1.165, 1.54) is 0 Å². The summed E-state index contributed by atoms with van der Waals surface area (Å²) >= 11 is 0. The van der Waals surface area contributed by atoms with Gasteiger partial charge in [-0.1, -0.05) is 60.7 Å². The summed E-state index contributed by atoms with van der Waals surface area (Å²) in [5, 5.41) is 2.63. The quantitative estimate of drug-likeness (QED) is 0.793. The summed E-state index contributed by atoms with van der Waals surface area (Å²) in [6, 6.07) is 19.9. The zero-order chi connectivity index (χ0) is 19.8. The van der Waals surface area contributed by atoms with Gasteiger partial charge in [0, 0.05) is 33.2 Å². The molecule has 0 radical (unpaired) electrons. The summed E-state index contributed by atoms with van der Waals surface area (Å²) in [5.74, 6) is -0.0203. The molecule has 1 heterocycles. The molecule has 0 saturated carbocycles. The number of likely N-dealkylation sites (N-methyl/N-ethyl adjacent to an activating group) is 1. The van der Waals surface area contributed by atoms with Crippen LogP contribution in [0.3, 0.4) is 0 Å². The second-order valence-corrected chi connectivity index (χ2v) is 6.84. The van der Waals surface area contributed by atoms with Crippen molar-refractivity contribution in [2.24, 2.45) is 0 Å². The average Bonchev–Trinajstić information content (AvgIpc) is 2.75. The van der Waals surface area contributed by atoms with E-state index >= 15 is 0 Å². The van der Waals surface area contributed by atoms with E-state index in [0.29, 0.717) is 32.7 Å². The lowest BCUT2D eigenvalue weighted by Gasteiger charge is -2.34. The van der Waals surface area contributed by atoms with E-state index in [-0.39, 0.29) is 24.5 Å². The van der Waals surface area contributed by atoms with Gasteiger partial charge in [-0.3, -0.25) is 14.5 Å². The first-order valence-electron chi connectivity index (χ1n) is 9.59. The number of piperazine rings is 1. The van der Waals surface area contributed by atoms with Crippen LogP contribution in [0.25, 0.3) is 0 Å². The Morgan fingerprint density at radius 2 is 1.46 bits per heavy atom. The summed E-state index contributed by atoms with van der Waals surface area (Å²) in [5.41, 5.74) is 2.05. The molecular weight excluding hydrogens is 354 g/mol. The Hall–Kier alpha value is -2.70. The fourth-order valence-electron chi connectivity index (χ4n) is 3.32. The Balaban J connectivity index is 1.57. The van der Waals surface area contributed by atoms with Gasteiger partial charge in [-0.2, -0.15) is 0 Å². The van der Waals surface area contributed by atoms with Crippen LogP contribution in [-0.4, -0.2) is 68.0 Å². The number of hydrogen-bond acceptors (Lipinski definition) is 4. The van der Waals surface area contributed by atoms with Crippen LogP contribution < -0.4 is 5.32 Å². The molecule has 148 valence electrons. The number of nitrogens with one attached hydrogen (secondary N) is 1. The lowest BCUT2D eigenvalue weighted by atomic mass is 10.0. The van der Waals surface area contributed by atoms with Crippen molar-refractivity contribution in [2.45, 2.75) is 6.10 Å². The largest absolute Gasteiger partial charge is 0.359 e. The smallest absolute Gasteiger partial charge is 0.248 e. The Morgan fingerprint density at radius 1 is 0.929 bits per heavy atom. The lowest BCUT2D eigenvalue weighted by Crippen LogP contribution is -2.51. The molecule has 0 unspecified atom stereocenters. The molecule has 0 bridgehead atoms. The van der Waals surface area contributed by atoms with E-state index in [1.54, 1.807) is 7.05 Å². The van der Waals surface area contributed by atoms with Crippen molar-refractivity contribution in [1.29, 1.82) is 0 Å². The van der Waals surface area contributed by atoms with Crippen molar-refractivity contribution in [3.8, 4) is 0 Å². The van der Waals surface area contributed by atoms with E-state index in [9.17, 15) is 9.59 Å². The molecule has 0 aliphatic carbocycles. The van der Waals surface area contributed by atoms with E-state index in [2.05, 4.69) is 10.2 Å². The molecule has 0 spiro atoms. The van der Waals surface area contributed by atoms with Crippen molar-refractivity contribution < 1.29 is 14.3 Å². The molecule has 2 amide bonds. The van der Waals surface area contributed by atoms with Crippen LogP contribution >= 0.6 is 0 Å². The summed E-state index contributed by atoms with van der Waals surface area (Å²) in [6.45, 7) is 3.02. The Kier molecular flexibility index (Phi) is 7.17. The van der Waals surface area contributed by atoms with Crippen molar-refractivity contribution in [2.75, 3.05) is 46.4 Å². The van der Waals surface area contributed by atoms with Crippen LogP contribution in [0.1, 0.15) is 17.2 Å². The molecule has 1 aliphatic rings. The van der Waals surface area contributed by atoms with Gasteiger partial charge in [-0.05, 0) is 11.1 Å². The maximum absolute atomic E-state index is 12.7. The van der Waals surface area contributed by atoms with E-state index < -0.39 is 0 Å². The minimum atomic E-state index is -0.277. The molecule has 0 aromatic heterocycles. The SMILES string of the molecule is CNC(=O)CN1CCN(C(=O)COC(c2ccccc2)c2ccccc2)CC1. The maximum Gasteiger partial charge on any atom is 0.248 e. The van der Waals surface area contributed by atoms with Crippen LogP contribution in [0.2, 0.25) is 0 Å². The molecule has 2 aromatic rings. The van der Waals surface area contributed by atoms with Crippen LogP contribution in [0.5, 0.6) is 0 Å². The fraction of sp³-hybridized carbons (Fsp3) is 0.364. The predicted molar refractivity (Wildman–Crippen MR) is 108 cm³/mol. The highest BCUT2D eigenvalue weighted by Gasteiger charge is 2.24. The minimum Gasteiger partial charge on any atom is -0.359 e. The molecule has 1 fully saturated rings. The average molecular weight is 381 g/mol. The van der Waals surface area contributed by atoms with Crippen molar-refractivity contribution in [1.82, 2.24) is 15.1 Å². The zero-order valence-electron chi connectivity index (χ0n) is 16.2. The van der Waals surface area contributed by atoms with Crippen LogP contribution in [0.4, 0.5) is 0 Å². The molecule has 2 aromatic carbocycles. The summed E-state index contributed by atoms with van der Waals surface area (Å²) in [6.07, 6.45) is -0.277. The summed E-state index contributed by atoms with van der Waals surface area (Å²) < 4.78 is 6.07. The first-order chi connectivity index (χ1) is 13.7. The topological polar surface area (TPSA) is 61.9 Å². The molecule has 1 saturated heterocycles. The second-order valence-electron chi connectivity index (χ2n) is 6.84. The number of ether oxygens (including phenoxy) is 1. The third-order valence-electron chi connectivity index (χ3n) is 4.95. The number of rotatable bonds is 7. The Bertz CT molecular complexity index is 720. The molecule has 3 rings (SSSR count). The summed E-state index contributed by atoms with van der Waals surface area (Å²) in [4.78, 5) is 28.0. The molecule has 1 aliphatic heterocycles. The van der Waals surface area contributed by atoms with Gasteiger partial charge in [0.1, 0.15) is 12.7 Å². The van der Waals surface area contributed by atoms with Crippen LogP contribution in [0, 0.1) is 0 Å². The molecule has 0 atom stereocenters. The first kappa shape index (κ1) is 20.0. The normalized spacial score (nSPS) is 14.9. The van der Waals surface area contributed by atoms with Crippen molar-refractivity contribution in [3.63, 3.8) is 0 Å².